The zero-order valence-corrected chi connectivity index (χ0v) is 13.9. The molecular formula is C18H15NO5S. The molecule has 1 aliphatic heterocycles. The van der Waals surface area contributed by atoms with Gasteiger partial charge in [-0.05, 0) is 41.8 Å². The first-order valence-corrected chi connectivity index (χ1v) is 8.53. The molecule has 0 fully saturated rings. The van der Waals surface area contributed by atoms with Gasteiger partial charge in [0, 0.05) is 10.4 Å². The molecule has 1 aromatic carbocycles. The molecule has 2 aromatic heterocycles. The second-order valence-corrected chi connectivity index (χ2v) is 6.51. The molecule has 0 saturated heterocycles. The van der Waals surface area contributed by atoms with Crippen LogP contribution in [0, 0.1) is 0 Å². The summed E-state index contributed by atoms with van der Waals surface area (Å²) in [6.07, 6.45) is 1.49. The highest BCUT2D eigenvalue weighted by atomic mass is 32.1. The predicted molar refractivity (Wildman–Crippen MR) is 90.9 cm³/mol. The fourth-order valence-corrected chi connectivity index (χ4v) is 3.50. The Hall–Kier alpha value is -2.77. The quantitative estimate of drug-likeness (QED) is 0.734. The van der Waals surface area contributed by atoms with E-state index in [1.54, 1.807) is 36.4 Å². The lowest BCUT2D eigenvalue weighted by molar-refractivity contribution is 0.0554. The van der Waals surface area contributed by atoms with Gasteiger partial charge in [-0.15, -0.1) is 11.3 Å². The Kier molecular flexibility index (Phi) is 3.95. The summed E-state index contributed by atoms with van der Waals surface area (Å²) in [7, 11) is 0. The van der Waals surface area contributed by atoms with E-state index in [1.807, 2.05) is 11.4 Å². The third-order valence-electron chi connectivity index (χ3n) is 4.00. The molecule has 0 saturated carbocycles. The van der Waals surface area contributed by atoms with E-state index in [9.17, 15) is 9.90 Å². The number of hydrogen-bond acceptors (Lipinski definition) is 6. The molecule has 6 nitrogen and oxygen atoms in total. The number of hydrogen-bond donors (Lipinski definition) is 2. The number of fused-ring (bicyclic) bond motifs is 1. The maximum atomic E-state index is 12.5. The van der Waals surface area contributed by atoms with Crippen molar-refractivity contribution in [3.63, 3.8) is 0 Å². The molecule has 0 radical (unpaired) electrons. The van der Waals surface area contributed by atoms with E-state index in [4.69, 9.17) is 13.9 Å². The number of benzene rings is 1. The van der Waals surface area contributed by atoms with Crippen molar-refractivity contribution in [1.82, 2.24) is 5.32 Å². The van der Waals surface area contributed by atoms with Gasteiger partial charge in [-0.1, -0.05) is 6.07 Å². The van der Waals surface area contributed by atoms with Gasteiger partial charge in [0.15, 0.2) is 17.1 Å². The summed E-state index contributed by atoms with van der Waals surface area (Å²) < 4.78 is 15.9. The van der Waals surface area contributed by atoms with Crippen molar-refractivity contribution < 1.29 is 23.8 Å². The molecule has 0 bridgehead atoms. The molecule has 1 atom stereocenters. The van der Waals surface area contributed by atoms with E-state index in [0.717, 1.165) is 0 Å². The molecule has 3 aromatic rings. The van der Waals surface area contributed by atoms with Crippen LogP contribution in [0.1, 0.15) is 21.0 Å². The highest BCUT2D eigenvalue weighted by Crippen LogP contribution is 2.34. The average molecular weight is 357 g/mol. The van der Waals surface area contributed by atoms with Crippen LogP contribution in [0.5, 0.6) is 11.5 Å². The summed E-state index contributed by atoms with van der Waals surface area (Å²) in [6.45, 7) is 0.130. The summed E-state index contributed by atoms with van der Waals surface area (Å²) in [5, 5.41) is 15.8. The largest absolute Gasteiger partial charge is 0.466 e. The number of thiophene rings is 1. The number of nitrogens with one attached hydrogen (secondary N) is 1. The lowest BCUT2D eigenvalue weighted by Crippen LogP contribution is -2.41. The minimum atomic E-state index is -1.43. The fraction of sp³-hybridized carbons (Fsp3) is 0.167. The molecule has 0 spiro atoms. The van der Waals surface area contributed by atoms with Crippen LogP contribution in [-0.4, -0.2) is 24.4 Å². The topological polar surface area (TPSA) is 80.9 Å². The van der Waals surface area contributed by atoms with E-state index < -0.39 is 5.60 Å². The maximum absolute atomic E-state index is 12.5. The Morgan fingerprint density at radius 2 is 2.08 bits per heavy atom. The monoisotopic (exact) mass is 357 g/mol. The number of carbonyl (C=O) groups is 1. The maximum Gasteiger partial charge on any atom is 0.251 e. The van der Waals surface area contributed by atoms with Gasteiger partial charge in [0.05, 0.1) is 12.8 Å². The van der Waals surface area contributed by atoms with Crippen molar-refractivity contribution in [3.05, 3.63) is 70.3 Å². The Balaban J connectivity index is 1.55. The van der Waals surface area contributed by atoms with Crippen LogP contribution in [0.15, 0.2) is 58.5 Å². The van der Waals surface area contributed by atoms with Crippen molar-refractivity contribution in [3.8, 4) is 11.5 Å². The third kappa shape index (κ3) is 2.88. The van der Waals surface area contributed by atoms with Gasteiger partial charge in [-0.25, -0.2) is 0 Å². The second-order valence-electron chi connectivity index (χ2n) is 5.57. The standard InChI is InChI=1S/C18H15NO5S/c20-17(12-5-6-13-14(9-12)24-11-23-13)19-10-18(21,15-3-1-7-22-15)16-4-2-8-25-16/h1-9,21H,10-11H2,(H,19,20). The SMILES string of the molecule is O=C(NCC(O)(c1ccco1)c1cccs1)c1ccc2c(c1)OCO2. The van der Waals surface area contributed by atoms with Crippen molar-refractivity contribution >= 4 is 17.2 Å². The lowest BCUT2D eigenvalue weighted by atomic mass is 9.98. The predicted octanol–water partition coefficient (Wildman–Crippen LogP) is 2.74. The molecule has 3 heterocycles. The van der Waals surface area contributed by atoms with Crippen LogP contribution in [0.25, 0.3) is 0 Å². The first-order chi connectivity index (χ1) is 12.2. The summed E-state index contributed by atoms with van der Waals surface area (Å²) >= 11 is 1.39. The first-order valence-electron chi connectivity index (χ1n) is 7.65. The average Bonchev–Trinajstić information content (AvgIpc) is 3.40. The minimum Gasteiger partial charge on any atom is -0.466 e. The van der Waals surface area contributed by atoms with Crippen LogP contribution in [-0.2, 0) is 5.60 Å². The number of rotatable bonds is 5. The number of aliphatic hydroxyl groups is 1. The van der Waals surface area contributed by atoms with Crippen LogP contribution in [0.3, 0.4) is 0 Å². The van der Waals surface area contributed by atoms with Crippen LogP contribution >= 0.6 is 11.3 Å². The smallest absolute Gasteiger partial charge is 0.251 e. The van der Waals surface area contributed by atoms with Gasteiger partial charge >= 0.3 is 0 Å². The number of ether oxygens (including phenoxy) is 2. The molecule has 7 heteroatoms. The highest BCUT2D eigenvalue weighted by Gasteiger charge is 2.36. The summed E-state index contributed by atoms with van der Waals surface area (Å²) in [5.74, 6) is 1.20. The molecule has 1 amide bonds. The van der Waals surface area contributed by atoms with Crippen LogP contribution in [0.2, 0.25) is 0 Å². The van der Waals surface area contributed by atoms with Gasteiger partial charge in [0.25, 0.3) is 5.91 Å². The molecule has 1 aliphatic rings. The van der Waals surface area contributed by atoms with E-state index in [1.165, 1.54) is 17.6 Å². The van der Waals surface area contributed by atoms with Gasteiger partial charge < -0.3 is 24.3 Å². The summed E-state index contributed by atoms with van der Waals surface area (Å²) in [5.41, 5.74) is -0.999. The van der Waals surface area contributed by atoms with Crippen LogP contribution < -0.4 is 14.8 Å². The molecule has 25 heavy (non-hydrogen) atoms. The van der Waals surface area contributed by atoms with Crippen LogP contribution in [0.4, 0.5) is 0 Å². The zero-order valence-electron chi connectivity index (χ0n) is 13.1. The van der Waals surface area contributed by atoms with Gasteiger partial charge in [-0.2, -0.15) is 0 Å². The Labute approximate surface area is 147 Å². The molecule has 1 unspecified atom stereocenters. The lowest BCUT2D eigenvalue weighted by Gasteiger charge is -2.25. The van der Waals surface area contributed by atoms with E-state index in [-0.39, 0.29) is 19.2 Å². The van der Waals surface area contributed by atoms with E-state index in [2.05, 4.69) is 5.32 Å². The van der Waals surface area contributed by atoms with Crippen molar-refractivity contribution in [2.24, 2.45) is 0 Å². The van der Waals surface area contributed by atoms with E-state index in [0.29, 0.717) is 27.7 Å². The highest BCUT2D eigenvalue weighted by molar-refractivity contribution is 7.10. The van der Waals surface area contributed by atoms with Crippen molar-refractivity contribution in [2.75, 3.05) is 13.3 Å². The third-order valence-corrected chi connectivity index (χ3v) is 5.02. The summed E-state index contributed by atoms with van der Waals surface area (Å²) in [4.78, 5) is 13.2. The first kappa shape index (κ1) is 15.7. The van der Waals surface area contributed by atoms with Gasteiger partial charge in [0.2, 0.25) is 6.79 Å². The summed E-state index contributed by atoms with van der Waals surface area (Å²) in [6, 6.07) is 12.0. The zero-order chi connectivity index (χ0) is 17.3. The fourth-order valence-electron chi connectivity index (χ4n) is 2.67. The minimum absolute atomic E-state index is 0.0195. The number of furan rings is 1. The van der Waals surface area contributed by atoms with E-state index >= 15 is 0 Å². The normalized spacial score (nSPS) is 14.9. The Morgan fingerprint density at radius 1 is 1.20 bits per heavy atom. The number of amides is 1. The Bertz CT molecular complexity index is 839. The number of carbonyl (C=O) groups excluding carboxylic acids is 1. The second kappa shape index (κ2) is 6.27. The molecule has 4 rings (SSSR count). The molecular weight excluding hydrogens is 342 g/mol. The van der Waals surface area contributed by atoms with Gasteiger partial charge in [-0.3, -0.25) is 4.79 Å². The molecule has 0 aliphatic carbocycles. The van der Waals surface area contributed by atoms with Crippen molar-refractivity contribution in [1.29, 1.82) is 0 Å². The van der Waals surface area contributed by atoms with Crippen molar-refractivity contribution in [2.45, 2.75) is 5.60 Å². The molecule has 2 N–H and O–H groups in total. The Morgan fingerprint density at radius 3 is 2.84 bits per heavy atom. The molecule has 128 valence electrons. The van der Waals surface area contributed by atoms with Gasteiger partial charge in [0.1, 0.15) is 5.76 Å².